The van der Waals surface area contributed by atoms with Gasteiger partial charge in [-0.1, -0.05) is 6.07 Å². The number of carbonyl (C=O) groups is 1. The molecule has 2 aromatic rings. The molecule has 6 heteroatoms. The third-order valence-corrected chi connectivity index (χ3v) is 4.03. The Morgan fingerprint density at radius 3 is 2.68 bits per heavy atom. The van der Waals surface area contributed by atoms with Gasteiger partial charge in [0.2, 0.25) is 5.95 Å². The molecule has 0 unspecified atom stereocenters. The fraction of sp³-hybridized carbons (Fsp3) is 0.312. The van der Waals surface area contributed by atoms with Crippen molar-refractivity contribution >= 4 is 33.5 Å². The van der Waals surface area contributed by atoms with Crippen molar-refractivity contribution in [3.8, 4) is 0 Å². The summed E-state index contributed by atoms with van der Waals surface area (Å²) in [7, 11) is 0. The highest BCUT2D eigenvalue weighted by Crippen LogP contribution is 2.26. The molecular formula is C16H17BrN4O. The SMILES string of the molecule is Cc1ccc(Nc2nc(C)cc(C(=O)NC3CC3)n2)c(Br)c1. The Bertz CT molecular complexity index is 728. The van der Waals surface area contributed by atoms with Crippen molar-refractivity contribution in [2.75, 3.05) is 5.32 Å². The van der Waals surface area contributed by atoms with Crippen LogP contribution in [0, 0.1) is 13.8 Å². The van der Waals surface area contributed by atoms with Crippen molar-refractivity contribution in [1.82, 2.24) is 15.3 Å². The van der Waals surface area contributed by atoms with Crippen molar-refractivity contribution in [3.05, 3.63) is 45.7 Å². The molecular weight excluding hydrogens is 344 g/mol. The van der Waals surface area contributed by atoms with Crippen LogP contribution in [0.4, 0.5) is 11.6 Å². The number of amides is 1. The first-order chi connectivity index (χ1) is 10.5. The number of nitrogens with one attached hydrogen (secondary N) is 2. The molecule has 1 aromatic carbocycles. The minimum absolute atomic E-state index is 0.140. The first-order valence-corrected chi connectivity index (χ1v) is 8.00. The number of anilines is 2. The predicted molar refractivity (Wildman–Crippen MR) is 89.4 cm³/mol. The molecule has 2 N–H and O–H groups in total. The molecule has 0 atom stereocenters. The lowest BCUT2D eigenvalue weighted by atomic mass is 10.2. The van der Waals surface area contributed by atoms with Crippen molar-refractivity contribution in [2.45, 2.75) is 32.7 Å². The van der Waals surface area contributed by atoms with Gasteiger partial charge in [0, 0.05) is 16.2 Å². The van der Waals surface area contributed by atoms with Crippen LogP contribution in [0.3, 0.4) is 0 Å². The van der Waals surface area contributed by atoms with E-state index < -0.39 is 0 Å². The maximum Gasteiger partial charge on any atom is 0.270 e. The van der Waals surface area contributed by atoms with Crippen LogP contribution in [0.2, 0.25) is 0 Å². The Morgan fingerprint density at radius 2 is 2.00 bits per heavy atom. The molecule has 1 aliphatic rings. The summed E-state index contributed by atoms with van der Waals surface area (Å²) in [5.74, 6) is 0.282. The number of carbonyl (C=O) groups excluding carboxylic acids is 1. The molecule has 22 heavy (non-hydrogen) atoms. The van der Waals surface area contributed by atoms with Gasteiger partial charge in [0.05, 0.1) is 5.69 Å². The number of rotatable bonds is 4. The van der Waals surface area contributed by atoms with Gasteiger partial charge in [0.1, 0.15) is 5.69 Å². The zero-order chi connectivity index (χ0) is 15.7. The van der Waals surface area contributed by atoms with Gasteiger partial charge in [-0.15, -0.1) is 0 Å². The lowest BCUT2D eigenvalue weighted by Crippen LogP contribution is -2.26. The van der Waals surface area contributed by atoms with E-state index >= 15 is 0 Å². The van der Waals surface area contributed by atoms with Crippen LogP contribution in [0.25, 0.3) is 0 Å². The van der Waals surface area contributed by atoms with Gasteiger partial charge < -0.3 is 10.6 Å². The second kappa shape index (κ2) is 6.04. The van der Waals surface area contributed by atoms with Crippen LogP contribution < -0.4 is 10.6 Å². The van der Waals surface area contributed by atoms with Gasteiger partial charge in [0.15, 0.2) is 0 Å². The van der Waals surface area contributed by atoms with Gasteiger partial charge >= 0.3 is 0 Å². The van der Waals surface area contributed by atoms with E-state index in [0.29, 0.717) is 17.7 Å². The highest BCUT2D eigenvalue weighted by Gasteiger charge is 2.24. The Balaban J connectivity index is 1.83. The molecule has 0 spiro atoms. The fourth-order valence-electron chi connectivity index (χ4n) is 2.07. The molecule has 0 radical (unpaired) electrons. The molecule has 114 valence electrons. The largest absolute Gasteiger partial charge is 0.348 e. The summed E-state index contributed by atoms with van der Waals surface area (Å²) >= 11 is 3.51. The summed E-state index contributed by atoms with van der Waals surface area (Å²) in [6.45, 7) is 3.88. The Kier molecular flexibility index (Phi) is 4.11. The summed E-state index contributed by atoms with van der Waals surface area (Å²) in [6, 6.07) is 7.98. The summed E-state index contributed by atoms with van der Waals surface area (Å²) in [5, 5.41) is 6.10. The molecule has 1 amide bonds. The van der Waals surface area contributed by atoms with Crippen LogP contribution in [-0.2, 0) is 0 Å². The highest BCUT2D eigenvalue weighted by atomic mass is 79.9. The zero-order valence-corrected chi connectivity index (χ0v) is 14.1. The first-order valence-electron chi connectivity index (χ1n) is 7.21. The van der Waals surface area contributed by atoms with E-state index in [4.69, 9.17) is 0 Å². The molecule has 0 bridgehead atoms. The standard InChI is InChI=1S/C16H17BrN4O/c1-9-3-6-13(12(17)7-9)20-16-18-10(2)8-14(21-16)15(22)19-11-4-5-11/h3,6-8,11H,4-5H2,1-2H3,(H,19,22)(H,18,20,21). The lowest BCUT2D eigenvalue weighted by Gasteiger charge is -2.10. The summed E-state index contributed by atoms with van der Waals surface area (Å²) < 4.78 is 0.932. The van der Waals surface area contributed by atoms with Gasteiger partial charge in [0.25, 0.3) is 5.91 Å². The highest BCUT2D eigenvalue weighted by molar-refractivity contribution is 9.10. The van der Waals surface area contributed by atoms with Crippen LogP contribution in [0.1, 0.15) is 34.6 Å². The summed E-state index contributed by atoms with van der Waals surface area (Å²) in [6.07, 6.45) is 2.11. The summed E-state index contributed by atoms with van der Waals surface area (Å²) in [5.41, 5.74) is 3.17. The molecule has 1 aliphatic carbocycles. The van der Waals surface area contributed by atoms with Crippen molar-refractivity contribution in [1.29, 1.82) is 0 Å². The molecule has 0 aliphatic heterocycles. The normalized spacial score (nSPS) is 13.8. The topological polar surface area (TPSA) is 66.9 Å². The van der Waals surface area contributed by atoms with Gasteiger partial charge in [-0.2, -0.15) is 0 Å². The zero-order valence-electron chi connectivity index (χ0n) is 12.5. The van der Waals surface area contributed by atoms with Gasteiger partial charge in [-0.05, 0) is 66.4 Å². The number of aryl methyl sites for hydroxylation is 2. The van der Waals surface area contributed by atoms with E-state index in [9.17, 15) is 4.79 Å². The molecule has 1 aromatic heterocycles. The second-order valence-corrected chi connectivity index (χ2v) is 6.43. The van der Waals surface area contributed by atoms with Gasteiger partial charge in [-0.25, -0.2) is 9.97 Å². The van der Waals surface area contributed by atoms with E-state index in [0.717, 1.165) is 34.3 Å². The minimum Gasteiger partial charge on any atom is -0.348 e. The number of benzene rings is 1. The number of hydrogen-bond acceptors (Lipinski definition) is 4. The first kappa shape index (κ1) is 15.0. The van der Waals surface area contributed by atoms with Crippen molar-refractivity contribution in [2.24, 2.45) is 0 Å². The van der Waals surface area contributed by atoms with E-state index in [-0.39, 0.29) is 5.91 Å². The Labute approximate surface area is 137 Å². The lowest BCUT2D eigenvalue weighted by molar-refractivity contribution is 0.0946. The van der Waals surface area contributed by atoms with E-state index in [1.54, 1.807) is 6.07 Å². The maximum absolute atomic E-state index is 12.1. The molecule has 1 fully saturated rings. The van der Waals surface area contributed by atoms with Crippen molar-refractivity contribution < 1.29 is 4.79 Å². The van der Waals surface area contributed by atoms with E-state index in [1.807, 2.05) is 32.0 Å². The molecule has 3 rings (SSSR count). The van der Waals surface area contributed by atoms with Crippen LogP contribution in [0.5, 0.6) is 0 Å². The second-order valence-electron chi connectivity index (χ2n) is 5.57. The maximum atomic E-state index is 12.1. The third kappa shape index (κ3) is 3.62. The predicted octanol–water partition coefficient (Wildman–Crippen LogP) is 3.49. The van der Waals surface area contributed by atoms with Crippen LogP contribution >= 0.6 is 15.9 Å². The number of hydrogen-bond donors (Lipinski definition) is 2. The van der Waals surface area contributed by atoms with Gasteiger partial charge in [-0.3, -0.25) is 4.79 Å². The van der Waals surface area contributed by atoms with Crippen LogP contribution in [0.15, 0.2) is 28.7 Å². The molecule has 5 nitrogen and oxygen atoms in total. The number of halogens is 1. The minimum atomic E-state index is -0.140. The van der Waals surface area contributed by atoms with E-state index in [1.165, 1.54) is 0 Å². The monoisotopic (exact) mass is 360 g/mol. The van der Waals surface area contributed by atoms with Crippen LogP contribution in [-0.4, -0.2) is 21.9 Å². The smallest absolute Gasteiger partial charge is 0.270 e. The fourth-order valence-corrected chi connectivity index (χ4v) is 2.66. The molecule has 0 saturated heterocycles. The molecule has 1 heterocycles. The average molecular weight is 361 g/mol. The van der Waals surface area contributed by atoms with E-state index in [2.05, 4.69) is 36.5 Å². The summed E-state index contributed by atoms with van der Waals surface area (Å²) in [4.78, 5) is 20.8. The van der Waals surface area contributed by atoms with Crippen molar-refractivity contribution in [3.63, 3.8) is 0 Å². The Hall–Kier alpha value is -1.95. The third-order valence-electron chi connectivity index (χ3n) is 3.37. The molecule has 1 saturated carbocycles. The Morgan fingerprint density at radius 1 is 1.23 bits per heavy atom. The number of nitrogens with zero attached hydrogens (tertiary/aromatic N) is 2. The average Bonchev–Trinajstić information content (AvgIpc) is 3.25. The number of aromatic nitrogens is 2. The quantitative estimate of drug-likeness (QED) is 0.875.